The molecule has 0 radical (unpaired) electrons. The minimum Gasteiger partial charge on any atom is -0.357 e. The van der Waals surface area contributed by atoms with Gasteiger partial charge in [0.1, 0.15) is 11.4 Å². The van der Waals surface area contributed by atoms with Crippen molar-refractivity contribution in [1.29, 1.82) is 0 Å². The summed E-state index contributed by atoms with van der Waals surface area (Å²) in [5.74, 6) is 0.437. The second kappa shape index (κ2) is 9.73. The lowest BCUT2D eigenvalue weighted by Gasteiger charge is -2.39. The summed E-state index contributed by atoms with van der Waals surface area (Å²) in [5, 5.41) is 8.43. The van der Waals surface area contributed by atoms with Crippen LogP contribution in [-0.2, 0) is 11.3 Å². The predicted octanol–water partition coefficient (Wildman–Crippen LogP) is 2.53. The van der Waals surface area contributed by atoms with Gasteiger partial charge in [0.25, 0.3) is 5.91 Å². The normalized spacial score (nSPS) is 22.8. The minimum atomic E-state index is -0.843. The molecular formula is C20H29FIN5O2. The first-order valence-corrected chi connectivity index (χ1v) is 9.75. The van der Waals surface area contributed by atoms with E-state index >= 15 is 0 Å². The molecule has 9 heteroatoms. The maximum absolute atomic E-state index is 13.4. The van der Waals surface area contributed by atoms with Gasteiger partial charge in [-0.25, -0.2) is 14.2 Å². The molecule has 1 unspecified atom stereocenters. The number of likely N-dealkylation sites (tertiary alicyclic amines) is 1. The van der Waals surface area contributed by atoms with E-state index in [0.717, 1.165) is 44.0 Å². The van der Waals surface area contributed by atoms with Crippen molar-refractivity contribution >= 4 is 41.9 Å². The molecule has 2 aliphatic rings. The zero-order valence-electron chi connectivity index (χ0n) is 17.0. The van der Waals surface area contributed by atoms with Crippen molar-refractivity contribution in [3.63, 3.8) is 0 Å². The van der Waals surface area contributed by atoms with Gasteiger partial charge in [-0.1, -0.05) is 12.1 Å². The number of nitrogens with one attached hydrogen (secondary N) is 3. The average molecular weight is 517 g/mol. The van der Waals surface area contributed by atoms with Gasteiger partial charge in [-0.05, 0) is 56.7 Å². The molecule has 29 heavy (non-hydrogen) atoms. The lowest BCUT2D eigenvalue weighted by Crippen LogP contribution is -2.55. The number of hydrogen-bond acceptors (Lipinski definition) is 3. The number of hydrogen-bond donors (Lipinski definition) is 3. The summed E-state index contributed by atoms with van der Waals surface area (Å²) in [6, 6.07) is 4.63. The van der Waals surface area contributed by atoms with Crippen molar-refractivity contribution in [2.45, 2.75) is 45.7 Å². The van der Waals surface area contributed by atoms with E-state index in [2.05, 4.69) is 20.9 Å². The Hall–Kier alpha value is -1.91. The Morgan fingerprint density at radius 3 is 2.59 bits per heavy atom. The smallest absolute Gasteiger partial charge is 0.322 e. The van der Waals surface area contributed by atoms with Gasteiger partial charge in [0.2, 0.25) is 0 Å². The zero-order chi connectivity index (χ0) is 20.3. The molecule has 0 bridgehead atoms. The zero-order valence-corrected chi connectivity index (χ0v) is 19.4. The first-order valence-electron chi connectivity index (χ1n) is 9.75. The van der Waals surface area contributed by atoms with E-state index in [4.69, 9.17) is 4.99 Å². The number of halogens is 2. The van der Waals surface area contributed by atoms with Crippen LogP contribution in [0.1, 0.15) is 37.8 Å². The van der Waals surface area contributed by atoms with Gasteiger partial charge < -0.3 is 15.5 Å². The quantitative estimate of drug-likeness (QED) is 0.248. The molecule has 2 heterocycles. The summed E-state index contributed by atoms with van der Waals surface area (Å²) < 4.78 is 13.4. The van der Waals surface area contributed by atoms with E-state index in [0.29, 0.717) is 12.1 Å². The number of urea groups is 1. The third kappa shape index (κ3) is 5.18. The molecule has 0 spiro atoms. The Bertz CT molecular complexity index is 795. The summed E-state index contributed by atoms with van der Waals surface area (Å²) >= 11 is 0. The highest BCUT2D eigenvalue weighted by molar-refractivity contribution is 14.0. The van der Waals surface area contributed by atoms with Gasteiger partial charge in [0.15, 0.2) is 5.96 Å². The molecule has 3 rings (SSSR count). The van der Waals surface area contributed by atoms with Crippen molar-refractivity contribution in [2.75, 3.05) is 19.6 Å². The first kappa shape index (κ1) is 23.4. The molecule has 2 saturated heterocycles. The van der Waals surface area contributed by atoms with Crippen molar-refractivity contribution in [2.24, 2.45) is 10.9 Å². The molecule has 1 atom stereocenters. The Balaban J connectivity index is 0.00000300. The summed E-state index contributed by atoms with van der Waals surface area (Å²) in [6.45, 7) is 8.27. The number of aryl methyl sites for hydroxylation is 1. The molecule has 3 amide bonds. The van der Waals surface area contributed by atoms with Gasteiger partial charge in [-0.3, -0.25) is 10.1 Å². The highest BCUT2D eigenvalue weighted by atomic mass is 127. The van der Waals surface area contributed by atoms with Crippen LogP contribution in [0.2, 0.25) is 0 Å². The second-order valence-corrected chi connectivity index (χ2v) is 7.63. The second-order valence-electron chi connectivity index (χ2n) is 7.63. The van der Waals surface area contributed by atoms with Gasteiger partial charge in [-0.2, -0.15) is 0 Å². The lowest BCUT2D eigenvalue weighted by atomic mass is 9.79. The molecular weight excluding hydrogens is 488 g/mol. The van der Waals surface area contributed by atoms with Crippen molar-refractivity contribution in [1.82, 2.24) is 20.9 Å². The fraction of sp³-hybridized carbons (Fsp3) is 0.550. The van der Waals surface area contributed by atoms with Crippen LogP contribution < -0.4 is 16.0 Å². The fourth-order valence-corrected chi connectivity index (χ4v) is 3.91. The van der Waals surface area contributed by atoms with Crippen LogP contribution in [0.5, 0.6) is 0 Å². The molecule has 1 aromatic carbocycles. The largest absolute Gasteiger partial charge is 0.357 e. The molecule has 0 saturated carbocycles. The predicted molar refractivity (Wildman–Crippen MR) is 121 cm³/mol. The van der Waals surface area contributed by atoms with Crippen LogP contribution in [0.25, 0.3) is 0 Å². The van der Waals surface area contributed by atoms with Gasteiger partial charge in [0, 0.05) is 19.6 Å². The molecule has 160 valence electrons. The van der Waals surface area contributed by atoms with Crippen LogP contribution in [-0.4, -0.2) is 48.0 Å². The number of amides is 3. The monoisotopic (exact) mass is 517 g/mol. The van der Waals surface area contributed by atoms with Crippen LogP contribution >= 0.6 is 24.0 Å². The van der Waals surface area contributed by atoms with Gasteiger partial charge >= 0.3 is 6.03 Å². The van der Waals surface area contributed by atoms with E-state index in [1.165, 1.54) is 6.07 Å². The number of nitrogens with zero attached hydrogens (tertiary/aromatic N) is 2. The number of aliphatic imine (C=N–C) groups is 1. The summed E-state index contributed by atoms with van der Waals surface area (Å²) in [6.07, 6.45) is 1.56. The van der Waals surface area contributed by atoms with Crippen LogP contribution in [0.3, 0.4) is 0 Å². The summed E-state index contributed by atoms with van der Waals surface area (Å²) in [5.41, 5.74) is 0.732. The minimum absolute atomic E-state index is 0. The Morgan fingerprint density at radius 1 is 1.34 bits per heavy atom. The molecule has 7 nitrogen and oxygen atoms in total. The Kier molecular flexibility index (Phi) is 7.84. The molecule has 2 aliphatic heterocycles. The number of carbonyl (C=O) groups is 2. The molecule has 1 aromatic rings. The van der Waals surface area contributed by atoms with Crippen molar-refractivity contribution in [3.8, 4) is 0 Å². The number of guanidine groups is 1. The van der Waals surface area contributed by atoms with E-state index < -0.39 is 11.6 Å². The molecule has 0 aromatic heterocycles. The summed E-state index contributed by atoms with van der Waals surface area (Å²) in [4.78, 5) is 30.6. The summed E-state index contributed by atoms with van der Waals surface area (Å²) in [7, 11) is 0. The van der Waals surface area contributed by atoms with E-state index in [1.54, 1.807) is 19.9 Å². The topological polar surface area (TPSA) is 85.8 Å². The number of imide groups is 1. The van der Waals surface area contributed by atoms with Crippen LogP contribution in [0.15, 0.2) is 23.2 Å². The highest BCUT2D eigenvalue weighted by Gasteiger charge is 2.48. The van der Waals surface area contributed by atoms with Crippen LogP contribution in [0.4, 0.5) is 9.18 Å². The standard InChI is InChI=1S/C20H28FN5O2.HI/c1-4-22-18(23-12-14-5-6-16(21)13(2)11-14)26-9-7-15(8-10-26)20(3)17(27)24-19(28)25-20;/h5-6,11,15H,4,7-10,12H2,1-3H3,(H,22,23)(H2,24,25,27,28);1H. The van der Waals surface area contributed by atoms with Gasteiger partial charge in [-0.15, -0.1) is 24.0 Å². The SMILES string of the molecule is CCNC(=NCc1ccc(F)c(C)c1)N1CCC(C2(C)NC(=O)NC2=O)CC1.I. The van der Waals surface area contributed by atoms with Gasteiger partial charge in [0.05, 0.1) is 6.54 Å². The van der Waals surface area contributed by atoms with Crippen molar-refractivity contribution < 1.29 is 14.0 Å². The number of piperidine rings is 1. The third-order valence-corrected chi connectivity index (χ3v) is 5.65. The third-order valence-electron chi connectivity index (χ3n) is 5.65. The molecule has 2 fully saturated rings. The average Bonchev–Trinajstić information content (AvgIpc) is 2.94. The number of benzene rings is 1. The number of carbonyl (C=O) groups excluding carboxylic acids is 2. The molecule has 3 N–H and O–H groups in total. The maximum atomic E-state index is 13.4. The fourth-order valence-electron chi connectivity index (χ4n) is 3.91. The Labute approximate surface area is 187 Å². The molecule has 0 aliphatic carbocycles. The van der Waals surface area contributed by atoms with E-state index in [9.17, 15) is 14.0 Å². The lowest BCUT2D eigenvalue weighted by molar-refractivity contribution is -0.125. The van der Waals surface area contributed by atoms with Crippen LogP contribution in [0, 0.1) is 18.7 Å². The first-order chi connectivity index (χ1) is 13.3. The number of rotatable bonds is 4. The maximum Gasteiger partial charge on any atom is 0.322 e. The van der Waals surface area contributed by atoms with E-state index in [1.807, 2.05) is 13.0 Å². The van der Waals surface area contributed by atoms with Crippen molar-refractivity contribution in [3.05, 3.63) is 35.1 Å². The highest BCUT2D eigenvalue weighted by Crippen LogP contribution is 2.30. The Morgan fingerprint density at radius 2 is 2.03 bits per heavy atom. The van der Waals surface area contributed by atoms with E-state index in [-0.39, 0.29) is 41.6 Å².